The van der Waals surface area contributed by atoms with Gasteiger partial charge < -0.3 is 10.1 Å². The molecule has 24 heavy (non-hydrogen) atoms. The fraction of sp³-hybridized carbons (Fsp3) is 0.286. The Kier molecular flexibility index (Phi) is 4.99. The van der Waals surface area contributed by atoms with Gasteiger partial charge in [0.25, 0.3) is 0 Å². The number of nitrogens with one attached hydrogen (secondary N) is 1. The number of benzene rings is 2. The zero-order valence-electron chi connectivity index (χ0n) is 14.2. The monoisotopic (exact) mass is 321 g/mol. The summed E-state index contributed by atoms with van der Waals surface area (Å²) in [6, 6.07) is 14.2. The van der Waals surface area contributed by atoms with Crippen LogP contribution in [-0.4, -0.2) is 13.0 Å². The van der Waals surface area contributed by atoms with Crippen molar-refractivity contribution in [1.82, 2.24) is 5.32 Å². The van der Waals surface area contributed by atoms with Gasteiger partial charge in [0, 0.05) is 6.08 Å². The van der Waals surface area contributed by atoms with Crippen molar-refractivity contribution in [1.29, 1.82) is 0 Å². The second-order valence-electron chi connectivity index (χ2n) is 6.22. The van der Waals surface area contributed by atoms with Gasteiger partial charge in [-0.3, -0.25) is 4.79 Å². The molecule has 0 fully saturated rings. The number of fused-ring (bicyclic) bond motifs is 1. The summed E-state index contributed by atoms with van der Waals surface area (Å²) >= 11 is 0. The summed E-state index contributed by atoms with van der Waals surface area (Å²) in [5.41, 5.74) is 5.03. The Morgan fingerprint density at radius 1 is 1.12 bits per heavy atom. The van der Waals surface area contributed by atoms with E-state index in [9.17, 15) is 4.79 Å². The number of hydrogen-bond acceptors (Lipinski definition) is 2. The number of hydrogen-bond donors (Lipinski definition) is 1. The van der Waals surface area contributed by atoms with E-state index in [0.29, 0.717) is 0 Å². The fourth-order valence-corrected chi connectivity index (χ4v) is 3.09. The number of amides is 1. The zero-order chi connectivity index (χ0) is 16.9. The molecule has 0 bridgehead atoms. The van der Waals surface area contributed by atoms with Crippen LogP contribution < -0.4 is 10.1 Å². The van der Waals surface area contributed by atoms with E-state index in [0.717, 1.165) is 17.7 Å². The largest absolute Gasteiger partial charge is 0.497 e. The van der Waals surface area contributed by atoms with Gasteiger partial charge in [-0.15, -0.1) is 0 Å². The summed E-state index contributed by atoms with van der Waals surface area (Å²) in [6.07, 6.45) is 6.96. The van der Waals surface area contributed by atoms with Crippen LogP contribution in [0.25, 0.3) is 6.08 Å². The van der Waals surface area contributed by atoms with E-state index >= 15 is 0 Å². The van der Waals surface area contributed by atoms with Crippen molar-refractivity contribution in [3.05, 3.63) is 70.8 Å². The van der Waals surface area contributed by atoms with Gasteiger partial charge in [-0.1, -0.05) is 30.3 Å². The molecular weight excluding hydrogens is 298 g/mol. The van der Waals surface area contributed by atoms with Crippen LogP contribution in [0, 0.1) is 0 Å². The fourth-order valence-electron chi connectivity index (χ4n) is 3.09. The minimum atomic E-state index is -0.0844. The first-order chi connectivity index (χ1) is 11.7. The molecular formula is C21H23NO2. The predicted octanol–water partition coefficient (Wildman–Crippen LogP) is 4.07. The molecule has 1 aliphatic rings. The average Bonchev–Trinajstić information content (AvgIpc) is 3.08. The highest BCUT2D eigenvalue weighted by Gasteiger charge is 2.14. The molecule has 3 rings (SSSR count). The molecule has 0 saturated heterocycles. The highest BCUT2D eigenvalue weighted by atomic mass is 16.5. The van der Waals surface area contributed by atoms with Gasteiger partial charge in [0.05, 0.1) is 13.2 Å². The van der Waals surface area contributed by atoms with Crippen LogP contribution in [0.4, 0.5) is 0 Å². The third-order valence-corrected chi connectivity index (χ3v) is 4.52. The van der Waals surface area contributed by atoms with Crippen molar-refractivity contribution in [3.8, 4) is 5.75 Å². The molecule has 2 aromatic carbocycles. The maximum absolute atomic E-state index is 12.1. The quantitative estimate of drug-likeness (QED) is 0.843. The van der Waals surface area contributed by atoms with Crippen molar-refractivity contribution in [2.75, 3.05) is 7.11 Å². The molecule has 3 nitrogen and oxygen atoms in total. The van der Waals surface area contributed by atoms with E-state index in [1.807, 2.05) is 37.3 Å². The van der Waals surface area contributed by atoms with Crippen molar-refractivity contribution >= 4 is 12.0 Å². The van der Waals surface area contributed by atoms with E-state index < -0.39 is 0 Å². The minimum Gasteiger partial charge on any atom is -0.497 e. The van der Waals surface area contributed by atoms with Gasteiger partial charge in [-0.05, 0) is 66.6 Å². The SMILES string of the molecule is COc1ccc(/C=C/C(=O)N[C@@H](C)c2ccc3c(c2)CCC3)cc1. The molecule has 1 amide bonds. The maximum Gasteiger partial charge on any atom is 0.244 e. The Morgan fingerprint density at radius 2 is 1.88 bits per heavy atom. The first kappa shape index (κ1) is 16.3. The highest BCUT2D eigenvalue weighted by molar-refractivity contribution is 5.92. The molecule has 0 heterocycles. The topological polar surface area (TPSA) is 38.3 Å². The molecule has 0 saturated carbocycles. The molecule has 2 aromatic rings. The van der Waals surface area contributed by atoms with Gasteiger partial charge in [0.2, 0.25) is 5.91 Å². The van der Waals surface area contributed by atoms with Crippen LogP contribution in [0.3, 0.4) is 0 Å². The lowest BCUT2D eigenvalue weighted by Gasteiger charge is -2.14. The molecule has 1 atom stereocenters. The number of aryl methyl sites for hydroxylation is 2. The minimum absolute atomic E-state index is 0.00363. The molecule has 1 N–H and O–H groups in total. The Labute approximate surface area is 143 Å². The van der Waals surface area contributed by atoms with Crippen molar-refractivity contribution in [2.45, 2.75) is 32.2 Å². The molecule has 0 aliphatic heterocycles. The summed E-state index contributed by atoms with van der Waals surface area (Å²) < 4.78 is 5.12. The second-order valence-corrected chi connectivity index (χ2v) is 6.22. The van der Waals surface area contributed by atoms with E-state index in [4.69, 9.17) is 4.74 Å². The third-order valence-electron chi connectivity index (χ3n) is 4.52. The van der Waals surface area contributed by atoms with E-state index in [1.165, 1.54) is 29.5 Å². The van der Waals surface area contributed by atoms with Crippen LogP contribution in [0.2, 0.25) is 0 Å². The van der Waals surface area contributed by atoms with Crippen LogP contribution in [0.1, 0.15) is 41.6 Å². The average molecular weight is 321 g/mol. The van der Waals surface area contributed by atoms with Crippen molar-refractivity contribution in [2.24, 2.45) is 0 Å². The lowest BCUT2D eigenvalue weighted by molar-refractivity contribution is -0.117. The lowest BCUT2D eigenvalue weighted by Crippen LogP contribution is -2.24. The van der Waals surface area contributed by atoms with Gasteiger partial charge in [0.15, 0.2) is 0 Å². The van der Waals surface area contributed by atoms with Gasteiger partial charge in [-0.2, -0.15) is 0 Å². The van der Waals surface area contributed by atoms with E-state index in [1.54, 1.807) is 13.2 Å². The summed E-state index contributed by atoms with van der Waals surface area (Å²) in [7, 11) is 1.64. The number of methoxy groups -OCH3 is 1. The predicted molar refractivity (Wildman–Crippen MR) is 97.1 cm³/mol. The summed E-state index contributed by atoms with van der Waals surface area (Å²) in [4.78, 5) is 12.1. The van der Waals surface area contributed by atoms with Crippen LogP contribution in [0.5, 0.6) is 5.75 Å². The molecule has 0 radical (unpaired) electrons. The Balaban J connectivity index is 1.60. The van der Waals surface area contributed by atoms with Crippen molar-refractivity contribution < 1.29 is 9.53 Å². The molecule has 124 valence electrons. The summed E-state index contributed by atoms with van der Waals surface area (Å²) in [5, 5.41) is 3.03. The zero-order valence-corrected chi connectivity index (χ0v) is 14.2. The van der Waals surface area contributed by atoms with E-state index in [-0.39, 0.29) is 11.9 Å². The number of rotatable bonds is 5. The summed E-state index contributed by atoms with van der Waals surface area (Å²) in [5.74, 6) is 0.723. The van der Waals surface area contributed by atoms with Gasteiger partial charge in [-0.25, -0.2) is 0 Å². The number of ether oxygens (including phenoxy) is 1. The van der Waals surface area contributed by atoms with Crippen LogP contribution in [0.15, 0.2) is 48.5 Å². The molecule has 3 heteroatoms. The van der Waals surface area contributed by atoms with Crippen LogP contribution >= 0.6 is 0 Å². The first-order valence-corrected chi connectivity index (χ1v) is 8.40. The van der Waals surface area contributed by atoms with Gasteiger partial charge in [0.1, 0.15) is 5.75 Å². The maximum atomic E-state index is 12.1. The molecule has 0 spiro atoms. The highest BCUT2D eigenvalue weighted by Crippen LogP contribution is 2.25. The summed E-state index contributed by atoms with van der Waals surface area (Å²) in [6.45, 7) is 2.02. The Morgan fingerprint density at radius 3 is 2.62 bits per heavy atom. The molecule has 0 aromatic heterocycles. The smallest absolute Gasteiger partial charge is 0.244 e. The van der Waals surface area contributed by atoms with Gasteiger partial charge >= 0.3 is 0 Å². The number of carbonyl (C=O) groups excluding carboxylic acids is 1. The lowest BCUT2D eigenvalue weighted by atomic mass is 10.0. The van der Waals surface area contributed by atoms with Crippen LogP contribution in [-0.2, 0) is 17.6 Å². The third kappa shape index (κ3) is 3.85. The normalized spacial score (nSPS) is 14.4. The first-order valence-electron chi connectivity index (χ1n) is 8.40. The second kappa shape index (κ2) is 7.35. The number of carbonyl (C=O) groups is 1. The van der Waals surface area contributed by atoms with Crippen molar-refractivity contribution in [3.63, 3.8) is 0 Å². The Hall–Kier alpha value is -2.55. The standard InChI is InChI=1S/C21H23NO2/c1-15(18-10-9-17-4-3-5-19(17)14-18)22-21(23)13-8-16-6-11-20(24-2)12-7-16/h6-15H,3-5H2,1-2H3,(H,22,23)/b13-8+/t15-/m0/s1. The Bertz CT molecular complexity index is 747. The molecule has 0 unspecified atom stereocenters. The molecule has 1 aliphatic carbocycles. The van der Waals surface area contributed by atoms with E-state index in [2.05, 4.69) is 23.5 Å².